The topological polar surface area (TPSA) is 72.0 Å². The molecule has 0 saturated heterocycles. The number of nitrogens with one attached hydrogen (secondary N) is 1. The van der Waals surface area contributed by atoms with Crippen molar-refractivity contribution in [3.05, 3.63) is 21.6 Å². The number of hydrogen-bond acceptors (Lipinski definition) is 6. The molecule has 2 rings (SSSR count). The third-order valence-corrected chi connectivity index (χ3v) is 4.40. The molecule has 0 bridgehead atoms. The Bertz CT molecular complexity index is 516. The molecule has 1 aromatic rings. The van der Waals surface area contributed by atoms with Crippen LogP contribution >= 0.6 is 23.5 Å². The van der Waals surface area contributed by atoms with E-state index in [2.05, 4.69) is 9.97 Å². The van der Waals surface area contributed by atoms with Crippen LogP contribution in [-0.4, -0.2) is 27.8 Å². The van der Waals surface area contributed by atoms with Gasteiger partial charge in [-0.25, -0.2) is 4.98 Å². The van der Waals surface area contributed by atoms with E-state index in [1.807, 2.05) is 0 Å². The lowest BCUT2D eigenvalue weighted by Gasteiger charge is -2.09. The molecule has 0 radical (unpaired) electrons. The second-order valence-electron chi connectivity index (χ2n) is 3.80. The summed E-state index contributed by atoms with van der Waals surface area (Å²) in [7, 11) is 0. The van der Waals surface area contributed by atoms with Crippen LogP contribution in [0.1, 0.15) is 25.1 Å². The van der Waals surface area contributed by atoms with Gasteiger partial charge < -0.3 is 9.72 Å². The third-order valence-electron chi connectivity index (χ3n) is 2.47. The molecule has 0 saturated carbocycles. The molecule has 1 aliphatic heterocycles. The molecule has 2 heterocycles. The minimum absolute atomic E-state index is 0.0939. The first-order chi connectivity index (χ1) is 8.61. The SMILES string of the molecule is CCOC(=O)C(C)Sc1nc2c(c(=O)[nH]1)CSC2. The van der Waals surface area contributed by atoms with Crippen molar-refractivity contribution >= 4 is 29.5 Å². The third kappa shape index (κ3) is 2.89. The number of H-pyrrole nitrogens is 1. The van der Waals surface area contributed by atoms with E-state index in [1.54, 1.807) is 25.6 Å². The summed E-state index contributed by atoms with van der Waals surface area (Å²) in [4.78, 5) is 30.4. The summed E-state index contributed by atoms with van der Waals surface area (Å²) < 4.78 is 4.92. The van der Waals surface area contributed by atoms with Crippen molar-refractivity contribution in [1.29, 1.82) is 0 Å². The monoisotopic (exact) mass is 286 g/mol. The Morgan fingerprint density at radius 3 is 3.11 bits per heavy atom. The molecule has 0 spiro atoms. The van der Waals surface area contributed by atoms with Crippen molar-refractivity contribution in [1.82, 2.24) is 9.97 Å². The lowest BCUT2D eigenvalue weighted by Crippen LogP contribution is -2.20. The van der Waals surface area contributed by atoms with E-state index in [0.717, 1.165) is 22.8 Å². The number of aromatic amines is 1. The first-order valence-corrected chi connectivity index (χ1v) is 7.68. The minimum atomic E-state index is -0.375. The highest BCUT2D eigenvalue weighted by Gasteiger charge is 2.21. The highest BCUT2D eigenvalue weighted by atomic mass is 32.2. The van der Waals surface area contributed by atoms with E-state index in [1.165, 1.54) is 11.8 Å². The number of ether oxygens (including phenoxy) is 1. The van der Waals surface area contributed by atoms with Gasteiger partial charge in [-0.15, -0.1) is 0 Å². The summed E-state index contributed by atoms with van der Waals surface area (Å²) in [5, 5.41) is 0.113. The summed E-state index contributed by atoms with van der Waals surface area (Å²) in [6, 6.07) is 0. The van der Waals surface area contributed by atoms with Gasteiger partial charge in [0.25, 0.3) is 5.56 Å². The Morgan fingerprint density at radius 2 is 2.39 bits per heavy atom. The first-order valence-electron chi connectivity index (χ1n) is 5.65. The van der Waals surface area contributed by atoms with Crippen LogP contribution in [0.3, 0.4) is 0 Å². The summed E-state index contributed by atoms with van der Waals surface area (Å²) >= 11 is 2.90. The average Bonchev–Trinajstić information content (AvgIpc) is 2.77. The fourth-order valence-corrected chi connectivity index (χ4v) is 3.42. The van der Waals surface area contributed by atoms with Crippen molar-refractivity contribution in [2.45, 2.75) is 35.8 Å². The van der Waals surface area contributed by atoms with E-state index < -0.39 is 0 Å². The molecule has 7 heteroatoms. The lowest BCUT2D eigenvalue weighted by molar-refractivity contribution is -0.142. The number of hydrogen-bond donors (Lipinski definition) is 1. The summed E-state index contributed by atoms with van der Waals surface area (Å²) in [6.07, 6.45) is 0. The molecule has 1 unspecified atom stereocenters. The van der Waals surface area contributed by atoms with Crippen molar-refractivity contribution in [3.8, 4) is 0 Å². The van der Waals surface area contributed by atoms with E-state index in [0.29, 0.717) is 11.8 Å². The van der Waals surface area contributed by atoms with Crippen molar-refractivity contribution in [2.24, 2.45) is 0 Å². The maximum absolute atomic E-state index is 11.8. The zero-order chi connectivity index (χ0) is 13.1. The van der Waals surface area contributed by atoms with Crippen LogP contribution in [0.25, 0.3) is 0 Å². The molecule has 1 atom stereocenters. The fraction of sp³-hybridized carbons (Fsp3) is 0.545. The summed E-state index contributed by atoms with van der Waals surface area (Å²) in [5.74, 6) is 1.19. The van der Waals surface area contributed by atoms with Crippen molar-refractivity contribution < 1.29 is 9.53 Å². The molecule has 1 aliphatic rings. The van der Waals surface area contributed by atoms with Crippen LogP contribution in [0, 0.1) is 0 Å². The van der Waals surface area contributed by atoms with Crippen LogP contribution in [0.5, 0.6) is 0 Å². The highest BCUT2D eigenvalue weighted by Crippen LogP contribution is 2.27. The van der Waals surface area contributed by atoms with Gasteiger partial charge in [-0.1, -0.05) is 11.8 Å². The van der Waals surface area contributed by atoms with Gasteiger partial charge in [0.1, 0.15) is 5.25 Å². The normalized spacial score (nSPS) is 15.2. The molecule has 5 nitrogen and oxygen atoms in total. The number of thioether (sulfide) groups is 2. The Hall–Kier alpha value is -0.950. The van der Waals surface area contributed by atoms with E-state index in [-0.39, 0.29) is 16.8 Å². The fourth-order valence-electron chi connectivity index (χ4n) is 1.57. The molecule has 0 aliphatic carbocycles. The van der Waals surface area contributed by atoms with E-state index in [9.17, 15) is 9.59 Å². The quantitative estimate of drug-likeness (QED) is 0.514. The molecule has 98 valence electrons. The summed E-state index contributed by atoms with van der Waals surface area (Å²) in [5.41, 5.74) is 1.50. The second kappa shape index (κ2) is 5.79. The van der Waals surface area contributed by atoms with Gasteiger partial charge in [0.2, 0.25) is 0 Å². The van der Waals surface area contributed by atoms with Gasteiger partial charge >= 0.3 is 5.97 Å². The van der Waals surface area contributed by atoms with Crippen molar-refractivity contribution in [3.63, 3.8) is 0 Å². The molecule has 1 N–H and O–H groups in total. The summed E-state index contributed by atoms with van der Waals surface area (Å²) in [6.45, 7) is 3.86. The Labute approximate surface area is 113 Å². The van der Waals surface area contributed by atoms with Gasteiger partial charge in [-0.2, -0.15) is 11.8 Å². The zero-order valence-corrected chi connectivity index (χ0v) is 11.8. The molecular formula is C11H14N2O3S2. The van der Waals surface area contributed by atoms with Gasteiger partial charge in [0.15, 0.2) is 5.16 Å². The first kappa shape index (κ1) is 13.5. The number of esters is 1. The number of carbonyl (C=O) groups excluding carboxylic acids is 1. The average molecular weight is 286 g/mol. The Balaban J connectivity index is 2.13. The Kier molecular flexibility index (Phi) is 4.34. The van der Waals surface area contributed by atoms with E-state index in [4.69, 9.17) is 4.74 Å². The van der Waals surface area contributed by atoms with Crippen LogP contribution in [0.2, 0.25) is 0 Å². The molecule has 0 amide bonds. The predicted octanol–water partition coefficient (Wildman–Crippen LogP) is 1.56. The second-order valence-corrected chi connectivity index (χ2v) is 6.12. The number of rotatable bonds is 4. The number of aromatic nitrogens is 2. The van der Waals surface area contributed by atoms with Crippen molar-refractivity contribution in [2.75, 3.05) is 6.61 Å². The van der Waals surface area contributed by atoms with Crippen LogP contribution in [0.15, 0.2) is 9.95 Å². The number of carbonyl (C=O) groups is 1. The van der Waals surface area contributed by atoms with Crippen LogP contribution < -0.4 is 5.56 Å². The highest BCUT2D eigenvalue weighted by molar-refractivity contribution is 8.00. The lowest BCUT2D eigenvalue weighted by atomic mass is 10.3. The Morgan fingerprint density at radius 1 is 1.61 bits per heavy atom. The zero-order valence-electron chi connectivity index (χ0n) is 10.2. The van der Waals surface area contributed by atoms with Crippen LogP contribution in [-0.2, 0) is 21.0 Å². The van der Waals surface area contributed by atoms with Crippen LogP contribution in [0.4, 0.5) is 0 Å². The smallest absolute Gasteiger partial charge is 0.319 e. The standard InChI is InChI=1S/C11H14N2O3S2/c1-3-16-10(15)6(2)18-11-12-8-5-17-4-7(8)9(14)13-11/h6H,3-5H2,1-2H3,(H,12,13,14). The van der Waals surface area contributed by atoms with Gasteiger partial charge in [-0.3, -0.25) is 9.59 Å². The minimum Gasteiger partial charge on any atom is -0.465 e. The number of nitrogens with zero attached hydrogens (tertiary/aromatic N) is 1. The predicted molar refractivity (Wildman–Crippen MR) is 71.8 cm³/mol. The molecule has 18 heavy (non-hydrogen) atoms. The van der Waals surface area contributed by atoms with E-state index >= 15 is 0 Å². The largest absolute Gasteiger partial charge is 0.465 e. The molecule has 1 aromatic heterocycles. The molecule has 0 fully saturated rings. The maximum Gasteiger partial charge on any atom is 0.319 e. The van der Waals surface area contributed by atoms with Gasteiger partial charge in [-0.05, 0) is 13.8 Å². The van der Waals surface area contributed by atoms with Gasteiger partial charge in [0, 0.05) is 17.1 Å². The van der Waals surface area contributed by atoms with Gasteiger partial charge in [0.05, 0.1) is 12.3 Å². The number of fused-ring (bicyclic) bond motifs is 1. The maximum atomic E-state index is 11.8. The molecular weight excluding hydrogens is 272 g/mol. The molecule has 0 aromatic carbocycles.